The van der Waals surface area contributed by atoms with Gasteiger partial charge in [0, 0.05) is 34.9 Å². The molecule has 9 nitrogen and oxygen atoms in total. The minimum Gasteiger partial charge on any atom is -0.474 e. The summed E-state index contributed by atoms with van der Waals surface area (Å²) in [7, 11) is 0. The van der Waals surface area contributed by atoms with Gasteiger partial charge in [0.25, 0.3) is 0 Å². The van der Waals surface area contributed by atoms with Gasteiger partial charge in [-0.2, -0.15) is 23.3 Å². The lowest BCUT2D eigenvalue weighted by Gasteiger charge is -2.16. The maximum Gasteiger partial charge on any atom is 0.435 e. The van der Waals surface area contributed by atoms with Crippen molar-refractivity contribution in [1.82, 2.24) is 24.7 Å². The van der Waals surface area contributed by atoms with E-state index < -0.39 is 23.7 Å². The van der Waals surface area contributed by atoms with Crippen LogP contribution in [-0.4, -0.2) is 43.4 Å². The lowest BCUT2D eigenvalue weighted by Crippen LogP contribution is -2.14. The van der Waals surface area contributed by atoms with Gasteiger partial charge >= 0.3 is 12.1 Å². The van der Waals surface area contributed by atoms with Crippen molar-refractivity contribution in [2.45, 2.75) is 40.0 Å². The van der Waals surface area contributed by atoms with E-state index in [2.05, 4.69) is 25.4 Å². The molecule has 0 saturated heterocycles. The molecule has 0 unspecified atom stereocenters. The number of nitrogens with zero attached hydrogens (tertiary/aromatic N) is 5. The lowest BCUT2D eigenvalue weighted by molar-refractivity contribution is -0.141. The molecule has 0 atom stereocenters. The Morgan fingerprint density at radius 3 is 2.52 bits per heavy atom. The van der Waals surface area contributed by atoms with Crippen LogP contribution in [0.15, 0.2) is 42.7 Å². The number of esters is 1. The van der Waals surface area contributed by atoms with Crippen LogP contribution in [0.5, 0.6) is 5.88 Å². The highest BCUT2D eigenvalue weighted by molar-refractivity contribution is 6.31. The summed E-state index contributed by atoms with van der Waals surface area (Å²) in [6.45, 7) is 6.69. The second-order valence-corrected chi connectivity index (χ2v) is 9.14. The van der Waals surface area contributed by atoms with Crippen molar-refractivity contribution < 1.29 is 31.8 Å². The summed E-state index contributed by atoms with van der Waals surface area (Å²) in [6, 6.07) is 6.14. The lowest BCUT2D eigenvalue weighted by atomic mass is 10.1. The van der Waals surface area contributed by atoms with Gasteiger partial charge < -0.3 is 14.8 Å². The van der Waals surface area contributed by atoms with Gasteiger partial charge in [-0.3, -0.25) is 0 Å². The highest BCUT2D eigenvalue weighted by Gasteiger charge is 2.35. The molecule has 40 heavy (non-hydrogen) atoms. The van der Waals surface area contributed by atoms with E-state index in [4.69, 9.17) is 21.1 Å². The third kappa shape index (κ3) is 6.30. The second-order valence-electron chi connectivity index (χ2n) is 8.73. The molecule has 3 aromatic heterocycles. The van der Waals surface area contributed by atoms with Gasteiger partial charge in [-0.25, -0.2) is 23.8 Å². The van der Waals surface area contributed by atoms with Crippen molar-refractivity contribution in [3.05, 3.63) is 70.5 Å². The van der Waals surface area contributed by atoms with Crippen molar-refractivity contribution >= 4 is 29.2 Å². The van der Waals surface area contributed by atoms with Gasteiger partial charge in [-0.1, -0.05) is 11.6 Å². The first-order valence-electron chi connectivity index (χ1n) is 11.9. The number of halogens is 5. The average Bonchev–Trinajstić information content (AvgIpc) is 3.28. The number of anilines is 2. The minimum absolute atomic E-state index is 0.00956. The predicted molar refractivity (Wildman–Crippen MR) is 139 cm³/mol. The van der Waals surface area contributed by atoms with E-state index in [1.165, 1.54) is 37.5 Å². The van der Waals surface area contributed by atoms with E-state index >= 15 is 0 Å². The summed E-state index contributed by atoms with van der Waals surface area (Å²) in [5.74, 6) is -1.39. The topological polar surface area (TPSA) is 104 Å². The van der Waals surface area contributed by atoms with Gasteiger partial charge in [0.2, 0.25) is 11.8 Å². The number of nitrogens with one attached hydrogen (secondary N) is 1. The monoisotopic (exact) mass is 578 g/mol. The third-order valence-electron chi connectivity index (χ3n) is 5.33. The number of aromatic nitrogens is 5. The fraction of sp³-hybridized carbons (Fsp3) is 0.269. The maximum atomic E-state index is 13.6. The molecule has 0 saturated carbocycles. The third-order valence-corrected chi connectivity index (χ3v) is 5.62. The van der Waals surface area contributed by atoms with E-state index in [-0.39, 0.29) is 57.8 Å². The predicted octanol–water partition coefficient (Wildman–Crippen LogP) is 6.55. The van der Waals surface area contributed by atoms with Crippen LogP contribution < -0.4 is 10.1 Å². The van der Waals surface area contributed by atoms with Crippen LogP contribution in [0.2, 0.25) is 5.02 Å². The van der Waals surface area contributed by atoms with Crippen LogP contribution in [-0.2, 0) is 10.9 Å². The van der Waals surface area contributed by atoms with Gasteiger partial charge in [0.05, 0.1) is 17.7 Å². The molecule has 0 aliphatic carbocycles. The molecule has 0 fully saturated rings. The zero-order chi connectivity index (χ0) is 29.2. The highest BCUT2D eigenvalue weighted by atomic mass is 35.5. The highest BCUT2D eigenvalue weighted by Crippen LogP contribution is 2.33. The Morgan fingerprint density at radius 2 is 1.90 bits per heavy atom. The molecule has 1 N–H and O–H groups in total. The zero-order valence-electron chi connectivity index (χ0n) is 21.7. The number of aryl methyl sites for hydroxylation is 1. The largest absolute Gasteiger partial charge is 0.474 e. The van der Waals surface area contributed by atoms with Crippen LogP contribution >= 0.6 is 11.6 Å². The molecule has 0 amide bonds. The van der Waals surface area contributed by atoms with Crippen LogP contribution in [0.1, 0.15) is 42.5 Å². The first kappa shape index (κ1) is 28.7. The normalized spacial score (nSPS) is 11.6. The summed E-state index contributed by atoms with van der Waals surface area (Å²) in [6.07, 6.45) is -2.30. The first-order chi connectivity index (χ1) is 18.9. The number of hydrogen-bond donors (Lipinski definition) is 1. The molecule has 0 aliphatic rings. The van der Waals surface area contributed by atoms with E-state index in [0.717, 1.165) is 16.8 Å². The second kappa shape index (κ2) is 11.5. The summed E-state index contributed by atoms with van der Waals surface area (Å²) in [5.41, 5.74) is -0.164. The van der Waals surface area contributed by atoms with Crippen LogP contribution in [0, 0.1) is 12.7 Å². The number of pyridine rings is 1. The van der Waals surface area contributed by atoms with Crippen LogP contribution in [0.3, 0.4) is 0 Å². The van der Waals surface area contributed by atoms with Gasteiger partial charge in [0.15, 0.2) is 11.5 Å². The molecular formula is C26H23ClF4N6O3. The SMILES string of the molecule is CCOC(=O)c1cc(-c2cnc(Nc3ccc(F)c(Cl)c3)nc2-n2nc(C(F)(F)F)cc2C)cnc1OC(C)C. The summed E-state index contributed by atoms with van der Waals surface area (Å²) >= 11 is 5.85. The van der Waals surface area contributed by atoms with Crippen molar-refractivity contribution in [2.75, 3.05) is 11.9 Å². The van der Waals surface area contributed by atoms with E-state index in [0.29, 0.717) is 5.69 Å². The number of hydrogen-bond acceptors (Lipinski definition) is 8. The number of carbonyl (C=O) groups excluding carboxylic acids is 1. The van der Waals surface area contributed by atoms with Crippen molar-refractivity contribution in [3.63, 3.8) is 0 Å². The molecule has 4 rings (SSSR count). The fourth-order valence-corrected chi connectivity index (χ4v) is 3.78. The van der Waals surface area contributed by atoms with Crippen molar-refractivity contribution in [2.24, 2.45) is 0 Å². The Bertz CT molecular complexity index is 1560. The van der Waals surface area contributed by atoms with Gasteiger partial charge in [0.1, 0.15) is 11.4 Å². The standard InChI is InChI=1S/C26H23ClF4N6O3/c1-5-39-24(38)17-9-15(11-32-23(17)40-13(2)3)18-12-33-25(34-16-6-7-20(28)19(27)10-16)35-22(18)37-14(4)8-21(36-37)26(29,30)31/h6-13H,5H2,1-4H3,(H,33,34,35). The molecule has 0 spiro atoms. The number of carbonyl (C=O) groups is 1. The van der Waals surface area contributed by atoms with Crippen LogP contribution in [0.4, 0.5) is 29.2 Å². The Morgan fingerprint density at radius 1 is 1.15 bits per heavy atom. The quantitative estimate of drug-likeness (QED) is 0.185. The Balaban J connectivity index is 1.88. The van der Waals surface area contributed by atoms with Crippen molar-refractivity contribution in [3.8, 4) is 22.8 Å². The summed E-state index contributed by atoms with van der Waals surface area (Å²) in [5, 5.41) is 6.42. The molecule has 210 valence electrons. The van der Waals surface area contributed by atoms with Gasteiger partial charge in [-0.15, -0.1) is 0 Å². The summed E-state index contributed by atoms with van der Waals surface area (Å²) in [4.78, 5) is 25.6. The number of alkyl halides is 3. The molecule has 1 aromatic carbocycles. The molecule has 3 heterocycles. The molecule has 0 radical (unpaired) electrons. The minimum atomic E-state index is -4.70. The fourth-order valence-electron chi connectivity index (χ4n) is 3.60. The molecule has 0 bridgehead atoms. The maximum absolute atomic E-state index is 13.6. The Labute approximate surface area is 231 Å². The van der Waals surface area contributed by atoms with E-state index in [9.17, 15) is 22.4 Å². The van der Waals surface area contributed by atoms with Gasteiger partial charge in [-0.05, 0) is 58.0 Å². The Kier molecular flexibility index (Phi) is 8.24. The molecule has 4 aromatic rings. The molecule has 14 heteroatoms. The van der Waals surface area contributed by atoms with E-state index in [1.54, 1.807) is 20.8 Å². The zero-order valence-corrected chi connectivity index (χ0v) is 22.4. The number of benzene rings is 1. The number of ether oxygens (including phenoxy) is 2. The number of rotatable bonds is 8. The van der Waals surface area contributed by atoms with Crippen molar-refractivity contribution in [1.29, 1.82) is 0 Å². The van der Waals surface area contributed by atoms with E-state index in [1.807, 2.05) is 0 Å². The Hall–Kier alpha value is -4.26. The average molecular weight is 579 g/mol. The molecule has 0 aliphatic heterocycles. The summed E-state index contributed by atoms with van der Waals surface area (Å²) < 4.78 is 65.8. The molecular weight excluding hydrogens is 556 g/mol. The first-order valence-corrected chi connectivity index (χ1v) is 12.3. The smallest absolute Gasteiger partial charge is 0.435 e. The van der Waals surface area contributed by atoms with Crippen LogP contribution in [0.25, 0.3) is 16.9 Å².